The Balaban J connectivity index is 2.68. The smallest absolute Gasteiger partial charge is 0.243 e. The largest absolute Gasteiger partial charge is 0.382 e. The molecule has 0 fully saturated rings. The highest BCUT2D eigenvalue weighted by Gasteiger charge is 2.17. The van der Waals surface area contributed by atoms with Gasteiger partial charge in [-0.2, -0.15) is 0 Å². The third kappa shape index (κ3) is 5.00. The summed E-state index contributed by atoms with van der Waals surface area (Å²) in [6.45, 7) is 2.98. The fourth-order valence-corrected chi connectivity index (χ4v) is 2.34. The van der Waals surface area contributed by atoms with E-state index in [1.54, 1.807) is 0 Å². The minimum Gasteiger partial charge on any atom is -0.382 e. The maximum absolute atomic E-state index is 12.0. The molecule has 1 aromatic rings. The van der Waals surface area contributed by atoms with Crippen LogP contribution in [0.2, 0.25) is 0 Å². The molecule has 0 aromatic carbocycles. The maximum atomic E-state index is 12.0. The van der Waals surface area contributed by atoms with Gasteiger partial charge in [0.25, 0.3) is 0 Å². The van der Waals surface area contributed by atoms with E-state index in [9.17, 15) is 8.42 Å². The Morgan fingerprint density at radius 1 is 1.30 bits per heavy atom. The SMILES string of the molecule is CCNc1ncc(S(=O)(=O)NCC(COC)OC)cn1. The van der Waals surface area contributed by atoms with Gasteiger partial charge < -0.3 is 14.8 Å². The van der Waals surface area contributed by atoms with Crippen molar-refractivity contribution < 1.29 is 17.9 Å². The molecule has 0 aliphatic rings. The molecule has 1 atom stereocenters. The zero-order valence-corrected chi connectivity index (χ0v) is 12.6. The number of hydrogen-bond acceptors (Lipinski definition) is 7. The first kappa shape index (κ1) is 16.8. The molecule has 1 rings (SSSR count). The van der Waals surface area contributed by atoms with Gasteiger partial charge in [-0.15, -0.1) is 0 Å². The van der Waals surface area contributed by atoms with Crippen LogP contribution in [-0.2, 0) is 19.5 Å². The molecule has 0 bridgehead atoms. The van der Waals surface area contributed by atoms with Crippen molar-refractivity contribution in [3.8, 4) is 0 Å². The second-order valence-electron chi connectivity index (χ2n) is 3.94. The molecule has 20 heavy (non-hydrogen) atoms. The van der Waals surface area contributed by atoms with Gasteiger partial charge in [-0.3, -0.25) is 0 Å². The maximum Gasteiger partial charge on any atom is 0.243 e. The van der Waals surface area contributed by atoms with Gasteiger partial charge in [0.1, 0.15) is 4.90 Å². The van der Waals surface area contributed by atoms with E-state index >= 15 is 0 Å². The van der Waals surface area contributed by atoms with Crippen LogP contribution in [0.15, 0.2) is 17.3 Å². The Bertz CT molecular complexity index is 492. The average molecular weight is 304 g/mol. The quantitative estimate of drug-likeness (QED) is 0.654. The van der Waals surface area contributed by atoms with Crippen molar-refractivity contribution in [3.63, 3.8) is 0 Å². The van der Waals surface area contributed by atoms with Crippen LogP contribution in [0.25, 0.3) is 0 Å². The molecule has 0 amide bonds. The standard InChI is InChI=1S/C11H20N4O4S/c1-4-12-11-13-6-10(7-14-11)20(16,17)15-5-9(19-3)8-18-2/h6-7,9,15H,4-5,8H2,1-3H3,(H,12,13,14). The molecule has 0 spiro atoms. The zero-order valence-electron chi connectivity index (χ0n) is 11.8. The van der Waals surface area contributed by atoms with Crippen LogP contribution in [-0.4, -0.2) is 58.4 Å². The molecule has 2 N–H and O–H groups in total. The normalized spacial score (nSPS) is 13.2. The van der Waals surface area contributed by atoms with Gasteiger partial charge in [-0.05, 0) is 6.92 Å². The Morgan fingerprint density at radius 3 is 2.45 bits per heavy atom. The summed E-state index contributed by atoms with van der Waals surface area (Å²) in [5.41, 5.74) is 0. The topological polar surface area (TPSA) is 102 Å². The number of aromatic nitrogens is 2. The lowest BCUT2D eigenvalue weighted by molar-refractivity contribution is 0.0320. The molecule has 9 heteroatoms. The number of hydrogen-bond donors (Lipinski definition) is 2. The van der Waals surface area contributed by atoms with Gasteiger partial charge in [-0.25, -0.2) is 23.1 Å². The Hall–Kier alpha value is -1.29. The predicted octanol–water partition coefficient (Wildman–Crippen LogP) is -0.152. The number of nitrogens with zero attached hydrogens (tertiary/aromatic N) is 2. The van der Waals surface area contributed by atoms with E-state index in [1.165, 1.54) is 26.6 Å². The first-order chi connectivity index (χ1) is 9.53. The summed E-state index contributed by atoms with van der Waals surface area (Å²) in [5.74, 6) is 0.389. The van der Waals surface area contributed by atoms with E-state index in [4.69, 9.17) is 9.47 Å². The van der Waals surface area contributed by atoms with Gasteiger partial charge >= 0.3 is 0 Å². The summed E-state index contributed by atoms with van der Waals surface area (Å²) in [6.07, 6.45) is 2.16. The van der Waals surface area contributed by atoms with E-state index in [0.29, 0.717) is 19.1 Å². The van der Waals surface area contributed by atoms with Crippen LogP contribution < -0.4 is 10.0 Å². The third-order valence-electron chi connectivity index (χ3n) is 2.46. The second kappa shape index (κ2) is 8.10. The summed E-state index contributed by atoms with van der Waals surface area (Å²) in [4.78, 5) is 7.85. The van der Waals surface area contributed by atoms with E-state index in [1.807, 2.05) is 6.92 Å². The molecule has 0 saturated heterocycles. The van der Waals surface area contributed by atoms with Crippen LogP contribution in [0.5, 0.6) is 0 Å². The van der Waals surface area contributed by atoms with E-state index in [0.717, 1.165) is 0 Å². The molecular formula is C11H20N4O4S. The summed E-state index contributed by atoms with van der Waals surface area (Å²) < 4.78 is 36.5. The summed E-state index contributed by atoms with van der Waals surface area (Å²) in [6, 6.07) is 0. The average Bonchev–Trinajstić information content (AvgIpc) is 2.44. The van der Waals surface area contributed by atoms with Crippen LogP contribution in [0, 0.1) is 0 Å². The second-order valence-corrected chi connectivity index (χ2v) is 5.70. The number of nitrogens with one attached hydrogen (secondary N) is 2. The van der Waals surface area contributed by atoms with Crippen LogP contribution >= 0.6 is 0 Å². The number of rotatable bonds is 9. The number of ether oxygens (including phenoxy) is 2. The van der Waals surface area contributed by atoms with Crippen molar-refractivity contribution in [2.24, 2.45) is 0 Å². The number of anilines is 1. The molecule has 1 aromatic heterocycles. The van der Waals surface area contributed by atoms with Crippen molar-refractivity contribution in [1.82, 2.24) is 14.7 Å². The highest BCUT2D eigenvalue weighted by atomic mass is 32.2. The van der Waals surface area contributed by atoms with E-state index in [-0.39, 0.29) is 17.5 Å². The Kier molecular flexibility index (Phi) is 6.79. The van der Waals surface area contributed by atoms with Gasteiger partial charge in [-0.1, -0.05) is 0 Å². The minimum absolute atomic E-state index is 0.00595. The summed E-state index contributed by atoms with van der Waals surface area (Å²) in [5, 5.41) is 2.89. The fourth-order valence-electron chi connectivity index (χ4n) is 1.39. The highest BCUT2D eigenvalue weighted by Crippen LogP contribution is 2.07. The first-order valence-corrected chi connectivity index (χ1v) is 7.59. The molecule has 0 aliphatic heterocycles. The molecule has 1 heterocycles. The lowest BCUT2D eigenvalue weighted by atomic mass is 10.4. The fraction of sp³-hybridized carbons (Fsp3) is 0.636. The number of methoxy groups -OCH3 is 2. The van der Waals surface area contributed by atoms with E-state index < -0.39 is 10.0 Å². The van der Waals surface area contributed by atoms with Crippen LogP contribution in [0.3, 0.4) is 0 Å². The van der Waals surface area contributed by atoms with Crippen molar-refractivity contribution in [2.45, 2.75) is 17.9 Å². The Labute approximate surface area is 119 Å². The van der Waals surface area contributed by atoms with Gasteiger partial charge in [0.2, 0.25) is 16.0 Å². The monoisotopic (exact) mass is 304 g/mol. The highest BCUT2D eigenvalue weighted by molar-refractivity contribution is 7.89. The van der Waals surface area contributed by atoms with E-state index in [2.05, 4.69) is 20.0 Å². The third-order valence-corrected chi connectivity index (χ3v) is 3.84. The minimum atomic E-state index is -3.65. The van der Waals surface area contributed by atoms with Crippen LogP contribution in [0.4, 0.5) is 5.95 Å². The molecule has 0 radical (unpaired) electrons. The molecule has 1 unspecified atom stereocenters. The molecule has 114 valence electrons. The summed E-state index contributed by atoms with van der Waals surface area (Å²) in [7, 11) is -0.640. The van der Waals surface area contributed by atoms with Crippen molar-refractivity contribution in [3.05, 3.63) is 12.4 Å². The molecule has 0 aliphatic carbocycles. The van der Waals surface area contributed by atoms with Crippen molar-refractivity contribution in [1.29, 1.82) is 0 Å². The lowest BCUT2D eigenvalue weighted by Gasteiger charge is -2.15. The van der Waals surface area contributed by atoms with Crippen LogP contribution in [0.1, 0.15) is 6.92 Å². The predicted molar refractivity (Wildman–Crippen MR) is 74.1 cm³/mol. The van der Waals surface area contributed by atoms with Crippen molar-refractivity contribution >= 4 is 16.0 Å². The number of sulfonamides is 1. The van der Waals surface area contributed by atoms with Gasteiger partial charge in [0.15, 0.2) is 0 Å². The van der Waals surface area contributed by atoms with Gasteiger partial charge in [0, 0.05) is 27.3 Å². The Morgan fingerprint density at radius 2 is 1.95 bits per heavy atom. The summed E-state index contributed by atoms with van der Waals surface area (Å²) >= 11 is 0. The van der Waals surface area contributed by atoms with Gasteiger partial charge in [0.05, 0.1) is 25.1 Å². The molecule has 0 saturated carbocycles. The lowest BCUT2D eigenvalue weighted by Crippen LogP contribution is -2.35. The first-order valence-electron chi connectivity index (χ1n) is 6.10. The van der Waals surface area contributed by atoms with Crippen molar-refractivity contribution in [2.75, 3.05) is 39.2 Å². The molecular weight excluding hydrogens is 284 g/mol. The molecule has 8 nitrogen and oxygen atoms in total. The zero-order chi connectivity index (χ0) is 15.0.